The highest BCUT2D eigenvalue weighted by Crippen LogP contribution is 2.26. The minimum Gasteiger partial charge on any atom is -0.494 e. The topological polar surface area (TPSA) is 63.6 Å². The second-order valence-electron chi connectivity index (χ2n) is 6.44. The predicted octanol–water partition coefficient (Wildman–Crippen LogP) is 4.13. The molecule has 0 spiro atoms. The number of nitrogens with one attached hydrogen (secondary N) is 2. The number of hydrogen-bond donors (Lipinski definition) is 3. The van der Waals surface area contributed by atoms with Crippen LogP contribution < -0.4 is 5.32 Å². The van der Waals surface area contributed by atoms with Gasteiger partial charge in [-0.25, -0.2) is 4.39 Å². The summed E-state index contributed by atoms with van der Waals surface area (Å²) in [5.74, 6) is -0.290. The Balaban J connectivity index is 1.71. The van der Waals surface area contributed by atoms with Gasteiger partial charge in [0.2, 0.25) is 0 Å². The second kappa shape index (κ2) is 8.01. The molecule has 136 valence electrons. The molecular formula is C20H23FN4O. The summed E-state index contributed by atoms with van der Waals surface area (Å²) < 4.78 is 14.2. The van der Waals surface area contributed by atoms with Gasteiger partial charge in [0.25, 0.3) is 0 Å². The van der Waals surface area contributed by atoms with Gasteiger partial charge in [-0.2, -0.15) is 0 Å². The van der Waals surface area contributed by atoms with Crippen molar-refractivity contribution in [3.05, 3.63) is 53.8 Å². The van der Waals surface area contributed by atoms with Gasteiger partial charge in [0.05, 0.1) is 16.9 Å². The third-order valence-corrected chi connectivity index (χ3v) is 4.12. The van der Waals surface area contributed by atoms with Crippen LogP contribution in [0, 0.1) is 5.82 Å². The molecule has 0 atom stereocenters. The van der Waals surface area contributed by atoms with E-state index in [1.54, 1.807) is 18.3 Å². The third kappa shape index (κ3) is 4.21. The maximum absolute atomic E-state index is 14.2. The molecule has 0 aliphatic carbocycles. The molecular weight excluding hydrogens is 331 g/mol. The van der Waals surface area contributed by atoms with E-state index in [0.717, 1.165) is 23.9 Å². The summed E-state index contributed by atoms with van der Waals surface area (Å²) in [5, 5.41) is 14.0. The van der Waals surface area contributed by atoms with Crippen LogP contribution in [0.2, 0.25) is 0 Å². The van der Waals surface area contributed by atoms with Crippen molar-refractivity contribution in [2.24, 2.45) is 4.99 Å². The minimum absolute atomic E-state index is 0.0506. The van der Waals surface area contributed by atoms with Crippen molar-refractivity contribution < 1.29 is 9.50 Å². The molecule has 2 aromatic carbocycles. The Morgan fingerprint density at radius 1 is 1.23 bits per heavy atom. The molecule has 3 aromatic rings. The number of aromatic nitrogens is 1. The fourth-order valence-electron chi connectivity index (χ4n) is 2.77. The Kier molecular flexibility index (Phi) is 5.53. The van der Waals surface area contributed by atoms with Crippen LogP contribution in [0.25, 0.3) is 10.9 Å². The smallest absolute Gasteiger partial charge is 0.198 e. The average molecular weight is 354 g/mol. The van der Waals surface area contributed by atoms with Crippen molar-refractivity contribution in [3.63, 3.8) is 0 Å². The summed E-state index contributed by atoms with van der Waals surface area (Å²) >= 11 is 0. The SMILES string of the molecule is CN(C)CCCNc1ccc(N=Cc2c(O)[nH]c3ccccc23)cc1F. The van der Waals surface area contributed by atoms with E-state index in [0.29, 0.717) is 23.5 Å². The average Bonchev–Trinajstić information content (AvgIpc) is 2.93. The Labute approximate surface area is 152 Å². The summed E-state index contributed by atoms with van der Waals surface area (Å²) in [6, 6.07) is 12.4. The summed E-state index contributed by atoms with van der Waals surface area (Å²) in [4.78, 5) is 9.29. The number of halogens is 1. The van der Waals surface area contributed by atoms with Crippen molar-refractivity contribution >= 4 is 28.5 Å². The van der Waals surface area contributed by atoms with E-state index in [-0.39, 0.29) is 11.7 Å². The monoisotopic (exact) mass is 354 g/mol. The molecule has 1 heterocycles. The van der Waals surface area contributed by atoms with Crippen molar-refractivity contribution in [2.45, 2.75) is 6.42 Å². The zero-order chi connectivity index (χ0) is 18.5. The van der Waals surface area contributed by atoms with Gasteiger partial charge >= 0.3 is 0 Å². The first-order valence-electron chi connectivity index (χ1n) is 8.56. The van der Waals surface area contributed by atoms with Crippen LogP contribution in [0.3, 0.4) is 0 Å². The lowest BCUT2D eigenvalue weighted by atomic mass is 10.2. The van der Waals surface area contributed by atoms with E-state index in [1.807, 2.05) is 38.4 Å². The van der Waals surface area contributed by atoms with E-state index in [1.165, 1.54) is 6.07 Å². The standard InChI is InChI=1S/C20H23FN4O/c1-25(2)11-5-10-22-19-9-8-14(12-17(19)21)23-13-16-15-6-3-4-7-18(15)24-20(16)26/h3-4,6-9,12-13,22,24,26H,5,10-11H2,1-2H3. The number of aromatic amines is 1. The highest BCUT2D eigenvalue weighted by Gasteiger charge is 2.08. The number of hydrogen-bond acceptors (Lipinski definition) is 4. The van der Waals surface area contributed by atoms with Crippen molar-refractivity contribution in [3.8, 4) is 5.88 Å². The Hall–Kier alpha value is -2.86. The molecule has 0 amide bonds. The summed E-state index contributed by atoms with van der Waals surface area (Å²) in [6.45, 7) is 1.66. The molecule has 0 fully saturated rings. The number of anilines is 1. The first-order valence-corrected chi connectivity index (χ1v) is 8.56. The molecule has 1 aromatic heterocycles. The Morgan fingerprint density at radius 3 is 2.81 bits per heavy atom. The lowest BCUT2D eigenvalue weighted by Crippen LogP contribution is -2.16. The predicted molar refractivity (Wildman–Crippen MR) is 105 cm³/mol. The highest BCUT2D eigenvalue weighted by atomic mass is 19.1. The zero-order valence-electron chi connectivity index (χ0n) is 15.0. The maximum atomic E-state index is 14.2. The van der Waals surface area contributed by atoms with Gasteiger partial charge in [0, 0.05) is 29.7 Å². The molecule has 0 saturated heterocycles. The summed E-state index contributed by atoms with van der Waals surface area (Å²) in [7, 11) is 4.03. The molecule has 0 unspecified atom stereocenters. The molecule has 0 aliphatic heterocycles. The van der Waals surface area contributed by atoms with Crippen LogP contribution in [0.4, 0.5) is 15.8 Å². The normalized spacial score (nSPS) is 11.7. The van der Waals surface area contributed by atoms with Gasteiger partial charge in [0.15, 0.2) is 5.88 Å². The van der Waals surface area contributed by atoms with E-state index < -0.39 is 0 Å². The Morgan fingerprint density at radius 2 is 2.04 bits per heavy atom. The number of rotatable bonds is 7. The van der Waals surface area contributed by atoms with Gasteiger partial charge in [-0.3, -0.25) is 4.99 Å². The van der Waals surface area contributed by atoms with E-state index in [2.05, 4.69) is 20.2 Å². The summed E-state index contributed by atoms with van der Waals surface area (Å²) in [5.41, 5.74) is 2.38. The first-order chi connectivity index (χ1) is 12.5. The fraction of sp³-hybridized carbons (Fsp3) is 0.250. The van der Waals surface area contributed by atoms with Crippen LogP contribution in [0.15, 0.2) is 47.5 Å². The van der Waals surface area contributed by atoms with Gasteiger partial charge in [-0.1, -0.05) is 18.2 Å². The zero-order valence-corrected chi connectivity index (χ0v) is 15.0. The largest absolute Gasteiger partial charge is 0.494 e. The number of fused-ring (bicyclic) bond motifs is 1. The maximum Gasteiger partial charge on any atom is 0.198 e. The number of nitrogens with zero attached hydrogens (tertiary/aromatic N) is 2. The number of benzene rings is 2. The fourth-order valence-corrected chi connectivity index (χ4v) is 2.77. The van der Waals surface area contributed by atoms with E-state index in [4.69, 9.17) is 0 Å². The van der Waals surface area contributed by atoms with Gasteiger partial charge in [-0.05, 0) is 45.3 Å². The van der Waals surface area contributed by atoms with Crippen LogP contribution in [0.5, 0.6) is 5.88 Å². The van der Waals surface area contributed by atoms with Crippen LogP contribution in [-0.2, 0) is 0 Å². The molecule has 0 radical (unpaired) electrons. The lowest BCUT2D eigenvalue weighted by Gasteiger charge is -2.11. The highest BCUT2D eigenvalue weighted by molar-refractivity contribution is 6.02. The van der Waals surface area contributed by atoms with E-state index in [9.17, 15) is 9.50 Å². The number of aliphatic imine (C=N–C) groups is 1. The Bertz CT molecular complexity index is 917. The number of H-pyrrole nitrogens is 1. The summed E-state index contributed by atoms with van der Waals surface area (Å²) in [6.07, 6.45) is 2.49. The second-order valence-corrected chi connectivity index (χ2v) is 6.44. The number of aromatic hydroxyl groups is 1. The van der Waals surface area contributed by atoms with Crippen LogP contribution in [-0.4, -0.2) is 48.4 Å². The van der Waals surface area contributed by atoms with Gasteiger partial charge in [-0.15, -0.1) is 0 Å². The number of para-hydroxylation sites is 1. The van der Waals surface area contributed by atoms with Gasteiger partial charge in [0.1, 0.15) is 5.82 Å². The first kappa shape index (κ1) is 17.9. The molecule has 0 bridgehead atoms. The molecule has 6 heteroatoms. The third-order valence-electron chi connectivity index (χ3n) is 4.12. The van der Waals surface area contributed by atoms with Crippen LogP contribution in [0.1, 0.15) is 12.0 Å². The van der Waals surface area contributed by atoms with Crippen molar-refractivity contribution in [2.75, 3.05) is 32.5 Å². The quantitative estimate of drug-likeness (QED) is 0.442. The molecule has 3 N–H and O–H groups in total. The van der Waals surface area contributed by atoms with E-state index >= 15 is 0 Å². The van der Waals surface area contributed by atoms with Gasteiger partial charge < -0.3 is 20.3 Å². The molecule has 5 nitrogen and oxygen atoms in total. The molecule has 26 heavy (non-hydrogen) atoms. The van der Waals surface area contributed by atoms with Crippen molar-refractivity contribution in [1.29, 1.82) is 0 Å². The molecule has 0 aliphatic rings. The van der Waals surface area contributed by atoms with Crippen LogP contribution >= 0.6 is 0 Å². The van der Waals surface area contributed by atoms with Crippen molar-refractivity contribution in [1.82, 2.24) is 9.88 Å². The molecule has 0 saturated carbocycles. The lowest BCUT2D eigenvalue weighted by molar-refractivity contribution is 0.405. The minimum atomic E-state index is -0.340. The molecule has 3 rings (SSSR count).